The van der Waals surface area contributed by atoms with Crippen LogP contribution in [0.2, 0.25) is 0 Å². The van der Waals surface area contributed by atoms with Crippen LogP contribution in [-0.2, 0) is 4.79 Å². The number of nitrogens with zero attached hydrogens (tertiary/aromatic N) is 1. The van der Waals surface area contributed by atoms with Crippen molar-refractivity contribution >= 4 is 17.4 Å². The number of ketones is 1. The van der Waals surface area contributed by atoms with E-state index < -0.39 is 22.7 Å². The van der Waals surface area contributed by atoms with E-state index in [1.165, 1.54) is 6.42 Å². The van der Waals surface area contributed by atoms with Gasteiger partial charge in [-0.3, -0.25) is 19.7 Å². The largest absolute Gasteiger partial charge is 0.481 e. The molecule has 0 amide bonds. The van der Waals surface area contributed by atoms with E-state index in [2.05, 4.69) is 10.6 Å². The highest BCUT2D eigenvalue weighted by molar-refractivity contribution is 6.00. The van der Waals surface area contributed by atoms with E-state index in [1.807, 2.05) is 36.4 Å². The molecule has 3 N–H and O–H groups in total. The molecule has 2 fully saturated rings. The van der Waals surface area contributed by atoms with Crippen molar-refractivity contribution in [2.75, 3.05) is 5.32 Å². The van der Waals surface area contributed by atoms with Crippen molar-refractivity contribution < 1.29 is 19.6 Å². The maximum atomic E-state index is 12.8. The summed E-state index contributed by atoms with van der Waals surface area (Å²) >= 11 is 0. The molecule has 2 aliphatic rings. The molecule has 184 valence electrons. The predicted octanol–water partition coefficient (Wildman–Crippen LogP) is 5.45. The first-order valence-corrected chi connectivity index (χ1v) is 12.3. The Kier molecular flexibility index (Phi) is 7.80. The molecule has 2 atom stereocenters. The molecular formula is C27H31N3O5. The van der Waals surface area contributed by atoms with Crippen LogP contribution in [-0.4, -0.2) is 27.8 Å². The van der Waals surface area contributed by atoms with Crippen LogP contribution in [0.4, 0.5) is 5.69 Å². The van der Waals surface area contributed by atoms with Crippen LogP contribution in [0.25, 0.3) is 11.1 Å². The first-order chi connectivity index (χ1) is 16.9. The Balaban J connectivity index is 1.42. The second-order valence-corrected chi connectivity index (χ2v) is 9.43. The average Bonchev–Trinajstić information content (AvgIpc) is 3.35. The van der Waals surface area contributed by atoms with Crippen molar-refractivity contribution in [1.29, 1.82) is 0 Å². The third-order valence-corrected chi connectivity index (χ3v) is 7.04. The van der Waals surface area contributed by atoms with Crippen LogP contribution in [0.3, 0.4) is 0 Å². The maximum Gasteiger partial charge on any atom is 0.307 e. The average molecular weight is 478 g/mol. The van der Waals surface area contributed by atoms with Gasteiger partial charge in [0.2, 0.25) is 0 Å². The van der Waals surface area contributed by atoms with Crippen LogP contribution in [0.1, 0.15) is 61.7 Å². The highest BCUT2D eigenvalue weighted by atomic mass is 16.6. The maximum absolute atomic E-state index is 12.8. The minimum Gasteiger partial charge on any atom is -0.481 e. The number of carbonyl (C=O) groups is 2. The van der Waals surface area contributed by atoms with Gasteiger partial charge in [-0.25, -0.2) is 0 Å². The lowest BCUT2D eigenvalue weighted by Crippen LogP contribution is -2.33. The summed E-state index contributed by atoms with van der Waals surface area (Å²) in [6, 6.07) is 15.0. The van der Waals surface area contributed by atoms with Crippen molar-refractivity contribution in [2.45, 2.75) is 57.4 Å². The number of aliphatic carboxylic acids is 1. The quantitative estimate of drug-likeness (QED) is 0.249. The van der Waals surface area contributed by atoms with E-state index in [1.54, 1.807) is 12.1 Å². The van der Waals surface area contributed by atoms with E-state index >= 15 is 0 Å². The minimum absolute atomic E-state index is 0.100. The number of carbonyl (C=O) groups excluding carboxylic acids is 1. The zero-order chi connectivity index (χ0) is 24.8. The van der Waals surface area contributed by atoms with Gasteiger partial charge in [0.05, 0.1) is 10.8 Å². The number of anilines is 1. The van der Waals surface area contributed by atoms with E-state index in [-0.39, 0.29) is 11.8 Å². The number of carboxylic acid groups (broad SMARTS) is 1. The van der Waals surface area contributed by atoms with E-state index in [4.69, 9.17) is 0 Å². The highest BCUT2D eigenvalue weighted by Crippen LogP contribution is 2.35. The molecule has 0 aliphatic heterocycles. The summed E-state index contributed by atoms with van der Waals surface area (Å²) in [6.07, 6.45) is 8.38. The molecule has 0 bridgehead atoms. The number of carboxylic acids is 1. The zero-order valence-electron chi connectivity index (χ0n) is 19.6. The Morgan fingerprint density at radius 1 is 0.857 bits per heavy atom. The number of nitrogens with one attached hydrogen (secondary N) is 2. The Morgan fingerprint density at radius 2 is 1.46 bits per heavy atom. The summed E-state index contributed by atoms with van der Waals surface area (Å²) in [6.45, 7) is 0. The molecule has 0 saturated heterocycles. The molecule has 0 radical (unpaired) electrons. The van der Waals surface area contributed by atoms with Gasteiger partial charge in [-0.2, -0.15) is 0 Å². The second-order valence-electron chi connectivity index (χ2n) is 9.43. The summed E-state index contributed by atoms with van der Waals surface area (Å²) in [5.41, 5.74) is 3.14. The molecule has 2 aromatic carbocycles. The summed E-state index contributed by atoms with van der Waals surface area (Å²) in [7, 11) is 0. The lowest BCUT2D eigenvalue weighted by atomic mass is 9.88. The Bertz CT molecular complexity index is 1090. The fourth-order valence-electron chi connectivity index (χ4n) is 5.19. The fourth-order valence-corrected chi connectivity index (χ4v) is 5.19. The van der Waals surface area contributed by atoms with Crippen molar-refractivity contribution in [3.63, 3.8) is 0 Å². The smallest absolute Gasteiger partial charge is 0.307 e. The van der Waals surface area contributed by atoms with Gasteiger partial charge in [-0.1, -0.05) is 62.1 Å². The molecule has 2 aromatic rings. The standard InChI is InChI=1S/C27H31N3O5/c31-26(23-7-4-8-24(23)27(32)33)20-11-9-18(10-12-20)19-13-15-22(16-14-19)29-25(17-30(34)35)28-21-5-2-1-3-6-21/h9-17,21,23-24,28-29H,1-8H2,(H,32,33)/b25-17-/t23-,24-/m1/s1. The number of nitro groups is 1. The van der Waals surface area contributed by atoms with Crippen molar-refractivity contribution in [2.24, 2.45) is 11.8 Å². The normalized spacial score (nSPS) is 20.9. The van der Waals surface area contributed by atoms with Gasteiger partial charge in [0.15, 0.2) is 11.6 Å². The van der Waals surface area contributed by atoms with Crippen LogP contribution in [0.5, 0.6) is 0 Å². The number of hydrogen-bond donors (Lipinski definition) is 3. The van der Waals surface area contributed by atoms with Gasteiger partial charge in [-0.05, 0) is 48.9 Å². The molecule has 0 heterocycles. The number of benzene rings is 2. The summed E-state index contributed by atoms with van der Waals surface area (Å²) < 4.78 is 0. The monoisotopic (exact) mass is 477 g/mol. The SMILES string of the molecule is O=C(O)[C@@H]1CCC[C@H]1C(=O)c1ccc(-c2ccc(N/C(=C\[N+](=O)[O-])NC3CCCCC3)cc2)cc1. The van der Waals surface area contributed by atoms with Crippen molar-refractivity contribution in [1.82, 2.24) is 5.32 Å². The molecule has 0 unspecified atom stereocenters. The molecule has 4 rings (SSSR count). The topological polar surface area (TPSA) is 122 Å². The molecule has 2 saturated carbocycles. The van der Waals surface area contributed by atoms with Crippen molar-refractivity contribution in [3.8, 4) is 11.1 Å². The third-order valence-electron chi connectivity index (χ3n) is 7.04. The van der Waals surface area contributed by atoms with Gasteiger partial charge in [0.25, 0.3) is 6.20 Å². The lowest BCUT2D eigenvalue weighted by molar-refractivity contribution is -0.403. The van der Waals surface area contributed by atoms with Crippen LogP contribution < -0.4 is 10.6 Å². The second kappa shape index (κ2) is 11.2. The van der Waals surface area contributed by atoms with Crippen molar-refractivity contribution in [3.05, 3.63) is 76.2 Å². The first kappa shape index (κ1) is 24.4. The van der Waals surface area contributed by atoms with Crippen LogP contribution >= 0.6 is 0 Å². The number of rotatable bonds is 9. The van der Waals surface area contributed by atoms with Gasteiger partial charge >= 0.3 is 5.97 Å². The van der Waals surface area contributed by atoms with Gasteiger partial charge in [0, 0.05) is 23.2 Å². The molecule has 8 heteroatoms. The number of hydrogen-bond acceptors (Lipinski definition) is 6. The van der Waals surface area contributed by atoms with E-state index in [0.29, 0.717) is 24.2 Å². The molecule has 8 nitrogen and oxygen atoms in total. The predicted molar refractivity (Wildman–Crippen MR) is 133 cm³/mol. The molecule has 2 aliphatic carbocycles. The van der Waals surface area contributed by atoms with E-state index in [0.717, 1.165) is 55.1 Å². The number of Topliss-reactive ketones (excluding diaryl/α,β-unsaturated/α-hetero) is 1. The zero-order valence-corrected chi connectivity index (χ0v) is 19.6. The first-order valence-electron chi connectivity index (χ1n) is 12.3. The molecule has 0 spiro atoms. The Morgan fingerprint density at radius 3 is 2.06 bits per heavy atom. The van der Waals surface area contributed by atoms with Gasteiger partial charge in [-0.15, -0.1) is 0 Å². The van der Waals surface area contributed by atoms with Gasteiger partial charge < -0.3 is 15.7 Å². The minimum atomic E-state index is -0.892. The van der Waals surface area contributed by atoms with Gasteiger partial charge in [0.1, 0.15) is 0 Å². The van der Waals surface area contributed by atoms with E-state index in [9.17, 15) is 24.8 Å². The summed E-state index contributed by atoms with van der Waals surface area (Å²) in [4.78, 5) is 34.9. The van der Waals surface area contributed by atoms with Crippen LogP contribution in [0, 0.1) is 22.0 Å². The fraction of sp³-hybridized carbons (Fsp3) is 0.407. The molecule has 35 heavy (non-hydrogen) atoms. The Hall–Kier alpha value is -3.68. The van der Waals surface area contributed by atoms with Crippen LogP contribution in [0.15, 0.2) is 60.6 Å². The lowest BCUT2D eigenvalue weighted by Gasteiger charge is -2.24. The molecular weight excluding hydrogens is 446 g/mol. The summed E-state index contributed by atoms with van der Waals surface area (Å²) in [5, 5.41) is 26.9. The summed E-state index contributed by atoms with van der Waals surface area (Å²) in [5.74, 6) is -1.66. The molecule has 0 aromatic heterocycles. The third kappa shape index (κ3) is 6.26. The Labute approximate surface area is 204 Å². The highest BCUT2D eigenvalue weighted by Gasteiger charge is 2.37.